The number of halogens is 1. The van der Waals surface area contributed by atoms with E-state index in [2.05, 4.69) is 15.9 Å². The Kier molecular flexibility index (Phi) is 8.04. The summed E-state index contributed by atoms with van der Waals surface area (Å²) in [7, 11) is 1.46. The normalized spacial score (nSPS) is 14.2. The fourth-order valence-electron chi connectivity index (χ4n) is 3.47. The third-order valence-electron chi connectivity index (χ3n) is 5.34. The number of ketones is 1. The van der Waals surface area contributed by atoms with Gasteiger partial charge in [0.15, 0.2) is 17.3 Å². The van der Waals surface area contributed by atoms with E-state index in [-0.39, 0.29) is 29.5 Å². The Labute approximate surface area is 224 Å². The van der Waals surface area contributed by atoms with Crippen LogP contribution in [-0.2, 0) is 11.4 Å². The molecule has 0 N–H and O–H groups in total. The van der Waals surface area contributed by atoms with E-state index in [1.807, 2.05) is 0 Å². The Morgan fingerprint density at radius 2 is 1.84 bits per heavy atom. The number of nitro benzene ring substituents is 1. The first-order valence-corrected chi connectivity index (χ1v) is 12.4. The number of thioether (sulfide) groups is 1. The van der Waals surface area contributed by atoms with Gasteiger partial charge in [-0.3, -0.25) is 29.4 Å². The molecule has 37 heavy (non-hydrogen) atoms. The average molecular weight is 583 g/mol. The summed E-state index contributed by atoms with van der Waals surface area (Å²) in [5, 5.41) is 10.4. The van der Waals surface area contributed by atoms with Gasteiger partial charge in [0.1, 0.15) is 6.61 Å². The van der Waals surface area contributed by atoms with Crippen molar-refractivity contribution < 1.29 is 28.8 Å². The molecule has 0 saturated carbocycles. The van der Waals surface area contributed by atoms with Gasteiger partial charge >= 0.3 is 0 Å². The van der Waals surface area contributed by atoms with Crippen molar-refractivity contribution in [3.8, 4) is 11.5 Å². The van der Waals surface area contributed by atoms with Crippen LogP contribution in [0, 0.1) is 10.1 Å². The molecule has 4 rings (SSSR count). The van der Waals surface area contributed by atoms with Crippen molar-refractivity contribution in [3.05, 3.63) is 103 Å². The summed E-state index contributed by atoms with van der Waals surface area (Å²) in [5.41, 5.74) is 1.57. The lowest BCUT2D eigenvalue weighted by Gasteiger charge is -2.12. The average Bonchev–Trinajstić information content (AvgIpc) is 3.15. The van der Waals surface area contributed by atoms with Crippen LogP contribution >= 0.6 is 27.7 Å². The molecule has 3 aromatic carbocycles. The first-order valence-electron chi connectivity index (χ1n) is 10.8. The zero-order valence-corrected chi connectivity index (χ0v) is 21.8. The number of carbonyl (C=O) groups excluding carboxylic acids is 3. The van der Waals surface area contributed by atoms with E-state index in [1.165, 1.54) is 19.2 Å². The lowest BCUT2D eigenvalue weighted by Crippen LogP contribution is -2.33. The zero-order valence-electron chi connectivity index (χ0n) is 19.4. The van der Waals surface area contributed by atoms with Crippen molar-refractivity contribution in [1.82, 2.24) is 4.90 Å². The number of rotatable bonds is 9. The van der Waals surface area contributed by atoms with Crippen LogP contribution in [0.3, 0.4) is 0 Å². The number of amides is 2. The highest BCUT2D eigenvalue weighted by molar-refractivity contribution is 9.10. The molecule has 0 unspecified atom stereocenters. The maximum absolute atomic E-state index is 12.8. The number of carbonyl (C=O) groups is 3. The Balaban J connectivity index is 1.46. The summed E-state index contributed by atoms with van der Waals surface area (Å²) < 4.78 is 12.0. The third kappa shape index (κ3) is 6.25. The first-order chi connectivity index (χ1) is 17.7. The van der Waals surface area contributed by atoms with Gasteiger partial charge in [-0.15, -0.1) is 0 Å². The van der Waals surface area contributed by atoms with E-state index in [0.29, 0.717) is 28.2 Å². The van der Waals surface area contributed by atoms with Crippen LogP contribution in [0.25, 0.3) is 6.08 Å². The predicted molar refractivity (Wildman–Crippen MR) is 142 cm³/mol. The summed E-state index contributed by atoms with van der Waals surface area (Å²) in [5.74, 6) is -0.114. The maximum atomic E-state index is 12.8. The van der Waals surface area contributed by atoms with Crippen LogP contribution in [0.4, 0.5) is 10.5 Å². The van der Waals surface area contributed by atoms with Gasteiger partial charge in [-0.25, -0.2) is 0 Å². The number of benzene rings is 3. The summed E-state index contributed by atoms with van der Waals surface area (Å²) in [6, 6.07) is 17.8. The van der Waals surface area contributed by atoms with Gasteiger partial charge in [0.25, 0.3) is 16.8 Å². The SMILES string of the molecule is COc1cc(/C=C2/SC(=O)N(CC(=O)c3ccc(Br)cc3)C2=O)ccc1OCc1cccc([N+](=O)[O-])c1. The number of imide groups is 1. The van der Waals surface area contributed by atoms with E-state index >= 15 is 0 Å². The van der Waals surface area contributed by atoms with E-state index in [0.717, 1.165) is 21.1 Å². The molecule has 1 aliphatic rings. The highest BCUT2D eigenvalue weighted by Crippen LogP contribution is 2.35. The predicted octanol–water partition coefficient (Wildman–Crippen LogP) is 5.86. The molecule has 11 heteroatoms. The van der Waals surface area contributed by atoms with E-state index in [4.69, 9.17) is 9.47 Å². The molecule has 1 heterocycles. The minimum atomic E-state index is -0.551. The highest BCUT2D eigenvalue weighted by atomic mass is 79.9. The van der Waals surface area contributed by atoms with Gasteiger partial charge in [0.2, 0.25) is 0 Å². The lowest BCUT2D eigenvalue weighted by atomic mass is 10.1. The number of Topliss-reactive ketones (excluding diaryl/α,β-unsaturated/α-hetero) is 1. The molecule has 0 aromatic heterocycles. The van der Waals surface area contributed by atoms with E-state index < -0.39 is 16.1 Å². The van der Waals surface area contributed by atoms with Crippen LogP contribution in [0.5, 0.6) is 11.5 Å². The molecule has 0 bridgehead atoms. The second-order valence-electron chi connectivity index (χ2n) is 7.82. The molecule has 0 atom stereocenters. The summed E-state index contributed by atoms with van der Waals surface area (Å²) in [6.07, 6.45) is 1.54. The molecule has 1 saturated heterocycles. The monoisotopic (exact) mass is 582 g/mol. The second-order valence-corrected chi connectivity index (χ2v) is 9.73. The summed E-state index contributed by atoms with van der Waals surface area (Å²) in [4.78, 5) is 49.5. The van der Waals surface area contributed by atoms with Gasteiger partial charge in [-0.05, 0) is 53.2 Å². The van der Waals surface area contributed by atoms with Crippen LogP contribution in [0.15, 0.2) is 76.1 Å². The van der Waals surface area contributed by atoms with Crippen LogP contribution in [0.2, 0.25) is 0 Å². The number of methoxy groups -OCH3 is 1. The summed E-state index contributed by atoms with van der Waals surface area (Å²) in [6.45, 7) is -0.264. The Morgan fingerprint density at radius 1 is 1.08 bits per heavy atom. The third-order valence-corrected chi connectivity index (χ3v) is 6.78. The molecule has 0 spiro atoms. The van der Waals surface area contributed by atoms with Crippen molar-refractivity contribution in [2.45, 2.75) is 6.61 Å². The van der Waals surface area contributed by atoms with Gasteiger partial charge in [0.05, 0.1) is 23.5 Å². The fourth-order valence-corrected chi connectivity index (χ4v) is 4.58. The number of hydrogen-bond acceptors (Lipinski definition) is 8. The van der Waals surface area contributed by atoms with Crippen molar-refractivity contribution in [1.29, 1.82) is 0 Å². The molecule has 3 aromatic rings. The largest absolute Gasteiger partial charge is 0.493 e. The quantitative estimate of drug-likeness (QED) is 0.133. The molecule has 1 fully saturated rings. The topological polar surface area (TPSA) is 116 Å². The fraction of sp³-hybridized carbons (Fsp3) is 0.115. The molecular formula is C26H19BrN2O7S. The number of ether oxygens (including phenoxy) is 2. The maximum Gasteiger partial charge on any atom is 0.293 e. The smallest absolute Gasteiger partial charge is 0.293 e. The lowest BCUT2D eigenvalue weighted by molar-refractivity contribution is -0.384. The second kappa shape index (κ2) is 11.4. The molecule has 9 nitrogen and oxygen atoms in total. The van der Waals surface area contributed by atoms with Gasteiger partial charge in [-0.2, -0.15) is 0 Å². The number of nitro groups is 1. The van der Waals surface area contributed by atoms with Crippen molar-refractivity contribution in [2.75, 3.05) is 13.7 Å². The Bertz CT molecular complexity index is 1420. The molecule has 0 radical (unpaired) electrons. The Morgan fingerprint density at radius 3 is 2.54 bits per heavy atom. The number of non-ortho nitro benzene ring substituents is 1. The molecule has 0 aliphatic carbocycles. The van der Waals surface area contributed by atoms with Gasteiger partial charge in [-0.1, -0.05) is 46.3 Å². The molecule has 1 aliphatic heterocycles. The molecule has 188 valence electrons. The van der Waals surface area contributed by atoms with E-state index in [9.17, 15) is 24.5 Å². The standard InChI is InChI=1S/C26H19BrN2O7S/c1-35-23-12-16(5-10-22(23)36-15-17-3-2-4-20(11-17)29(33)34)13-24-25(31)28(26(32)37-24)14-21(30)18-6-8-19(27)9-7-18/h2-13H,14-15H2,1H3/b24-13+. The molecular weight excluding hydrogens is 564 g/mol. The first kappa shape index (κ1) is 26.1. The van der Waals surface area contributed by atoms with E-state index in [1.54, 1.807) is 60.7 Å². The number of nitrogens with zero attached hydrogens (tertiary/aromatic N) is 2. The van der Waals surface area contributed by atoms with Crippen molar-refractivity contribution >= 4 is 56.4 Å². The highest BCUT2D eigenvalue weighted by Gasteiger charge is 2.36. The summed E-state index contributed by atoms with van der Waals surface area (Å²) >= 11 is 4.06. The van der Waals surface area contributed by atoms with Crippen molar-refractivity contribution in [2.24, 2.45) is 0 Å². The van der Waals surface area contributed by atoms with Crippen LogP contribution in [-0.4, -0.2) is 40.4 Å². The van der Waals surface area contributed by atoms with Gasteiger partial charge < -0.3 is 9.47 Å². The Hall–Kier alpha value is -3.96. The van der Waals surface area contributed by atoms with Crippen LogP contribution in [0.1, 0.15) is 21.5 Å². The van der Waals surface area contributed by atoms with Crippen LogP contribution < -0.4 is 9.47 Å². The minimum absolute atomic E-state index is 0.0316. The molecule has 2 amide bonds. The van der Waals surface area contributed by atoms with Crippen molar-refractivity contribution in [3.63, 3.8) is 0 Å². The zero-order chi connectivity index (χ0) is 26.5. The minimum Gasteiger partial charge on any atom is -0.493 e. The van der Waals surface area contributed by atoms with Gasteiger partial charge in [0, 0.05) is 22.2 Å². The number of hydrogen-bond donors (Lipinski definition) is 0.